The summed E-state index contributed by atoms with van der Waals surface area (Å²) in [4.78, 5) is 25.5. The minimum Gasteiger partial charge on any atom is -0.464 e. The van der Waals surface area contributed by atoms with Crippen molar-refractivity contribution in [2.75, 3.05) is 6.61 Å². The van der Waals surface area contributed by atoms with Crippen molar-refractivity contribution in [3.8, 4) is 0 Å². The summed E-state index contributed by atoms with van der Waals surface area (Å²) in [6, 6.07) is 8.40. The summed E-state index contributed by atoms with van der Waals surface area (Å²) in [6.45, 7) is 1.67. The zero-order valence-corrected chi connectivity index (χ0v) is 13.4. The van der Waals surface area contributed by atoms with Crippen LogP contribution in [0.15, 0.2) is 54.9 Å². The molecule has 0 spiro atoms. The molecule has 6 nitrogen and oxygen atoms in total. The van der Waals surface area contributed by atoms with Crippen molar-refractivity contribution in [3.63, 3.8) is 0 Å². The van der Waals surface area contributed by atoms with Gasteiger partial charge in [-0.05, 0) is 18.9 Å². The van der Waals surface area contributed by atoms with Crippen molar-refractivity contribution in [1.82, 2.24) is 4.90 Å². The molecule has 0 fully saturated rings. The highest BCUT2D eigenvalue weighted by Gasteiger charge is 2.56. The molecule has 0 saturated carbocycles. The fourth-order valence-electron chi connectivity index (χ4n) is 2.76. The number of ether oxygens (including phenoxy) is 1. The standard InChI is InChI=1S/C18H21NO5/c1-2-24-17(23)18(15(21)13-20,19-11-7-4-8-12-19)16(22)14-9-5-3-6-10-14/h3,5-13,15-16,21-22H,2,4H2,1H3. The summed E-state index contributed by atoms with van der Waals surface area (Å²) in [7, 11) is 0. The minimum atomic E-state index is -2.01. The van der Waals surface area contributed by atoms with Gasteiger partial charge in [-0.15, -0.1) is 0 Å². The highest BCUT2D eigenvalue weighted by atomic mass is 16.5. The topological polar surface area (TPSA) is 87.1 Å². The number of hydrogen-bond acceptors (Lipinski definition) is 6. The molecule has 3 atom stereocenters. The van der Waals surface area contributed by atoms with Gasteiger partial charge in [0.1, 0.15) is 12.2 Å². The van der Waals surface area contributed by atoms with Crippen LogP contribution in [0.4, 0.5) is 0 Å². The first-order valence-corrected chi connectivity index (χ1v) is 7.74. The molecule has 2 N–H and O–H groups in total. The molecular formula is C18H21NO5. The van der Waals surface area contributed by atoms with E-state index in [0.717, 1.165) is 0 Å². The van der Waals surface area contributed by atoms with Gasteiger partial charge in [0.25, 0.3) is 0 Å². The van der Waals surface area contributed by atoms with E-state index in [1.807, 2.05) is 0 Å². The van der Waals surface area contributed by atoms with Crippen molar-refractivity contribution in [3.05, 3.63) is 60.4 Å². The van der Waals surface area contributed by atoms with Gasteiger partial charge in [0.15, 0.2) is 6.29 Å². The number of nitrogens with zero attached hydrogens (tertiary/aromatic N) is 1. The molecule has 1 aromatic rings. The number of carbonyl (C=O) groups excluding carboxylic acids is 2. The van der Waals surface area contributed by atoms with Crippen LogP contribution >= 0.6 is 0 Å². The van der Waals surface area contributed by atoms with E-state index >= 15 is 0 Å². The Balaban J connectivity index is 2.62. The second kappa shape index (κ2) is 7.90. The third-order valence-corrected chi connectivity index (χ3v) is 3.95. The summed E-state index contributed by atoms with van der Waals surface area (Å²) >= 11 is 0. The first-order chi connectivity index (χ1) is 11.6. The number of rotatable bonds is 7. The van der Waals surface area contributed by atoms with Crippen LogP contribution in [0.3, 0.4) is 0 Å². The Kier molecular flexibility index (Phi) is 5.89. The second-order valence-corrected chi connectivity index (χ2v) is 5.35. The van der Waals surface area contributed by atoms with Gasteiger partial charge in [-0.3, -0.25) is 0 Å². The van der Waals surface area contributed by atoms with Crippen molar-refractivity contribution >= 4 is 12.3 Å². The molecule has 1 aliphatic heterocycles. The van der Waals surface area contributed by atoms with Crippen LogP contribution in [0.2, 0.25) is 0 Å². The molecule has 0 aromatic heterocycles. The Morgan fingerprint density at radius 3 is 2.46 bits per heavy atom. The SMILES string of the molecule is CCOC(=O)C(C(O)C=O)(C(O)c1ccccc1)N1C=CCC=C1. The molecule has 1 heterocycles. The molecule has 1 aromatic carbocycles. The molecule has 24 heavy (non-hydrogen) atoms. The molecule has 0 saturated heterocycles. The van der Waals surface area contributed by atoms with Crippen LogP contribution in [0.25, 0.3) is 0 Å². The van der Waals surface area contributed by atoms with Crippen molar-refractivity contribution < 1.29 is 24.5 Å². The van der Waals surface area contributed by atoms with E-state index < -0.39 is 23.7 Å². The average Bonchev–Trinajstić information content (AvgIpc) is 2.63. The Morgan fingerprint density at radius 1 is 1.29 bits per heavy atom. The van der Waals surface area contributed by atoms with Gasteiger partial charge in [-0.1, -0.05) is 42.5 Å². The highest BCUT2D eigenvalue weighted by Crippen LogP contribution is 2.37. The third kappa shape index (κ3) is 3.11. The lowest BCUT2D eigenvalue weighted by Gasteiger charge is -2.44. The molecule has 1 aliphatic rings. The largest absolute Gasteiger partial charge is 0.464 e. The van der Waals surface area contributed by atoms with Crippen LogP contribution < -0.4 is 0 Å². The van der Waals surface area contributed by atoms with E-state index in [0.29, 0.717) is 12.0 Å². The summed E-state index contributed by atoms with van der Waals surface area (Å²) in [5, 5.41) is 21.4. The van der Waals surface area contributed by atoms with Crippen LogP contribution in [-0.4, -0.2) is 45.6 Å². The van der Waals surface area contributed by atoms with E-state index in [1.54, 1.807) is 61.8 Å². The molecule has 3 unspecified atom stereocenters. The van der Waals surface area contributed by atoms with E-state index in [2.05, 4.69) is 0 Å². The van der Waals surface area contributed by atoms with Crippen LogP contribution in [-0.2, 0) is 14.3 Å². The van der Waals surface area contributed by atoms with E-state index in [-0.39, 0.29) is 12.9 Å². The zero-order chi connectivity index (χ0) is 17.6. The summed E-state index contributed by atoms with van der Waals surface area (Å²) in [6.07, 6.45) is 4.22. The molecular weight excluding hydrogens is 310 g/mol. The van der Waals surface area contributed by atoms with Crippen LogP contribution in [0.1, 0.15) is 25.0 Å². The molecule has 0 radical (unpaired) electrons. The van der Waals surface area contributed by atoms with Gasteiger partial charge < -0.3 is 24.6 Å². The predicted molar refractivity (Wildman–Crippen MR) is 87.6 cm³/mol. The number of hydrogen-bond donors (Lipinski definition) is 2. The smallest absolute Gasteiger partial charge is 0.338 e. The summed E-state index contributed by atoms with van der Waals surface area (Å²) in [5.74, 6) is -0.878. The van der Waals surface area contributed by atoms with Crippen LogP contribution in [0.5, 0.6) is 0 Å². The molecule has 6 heteroatoms. The van der Waals surface area contributed by atoms with Crippen molar-refractivity contribution in [2.24, 2.45) is 0 Å². The lowest BCUT2D eigenvalue weighted by Crippen LogP contribution is -2.63. The van der Waals surface area contributed by atoms with E-state index in [9.17, 15) is 19.8 Å². The van der Waals surface area contributed by atoms with Gasteiger partial charge in [-0.25, -0.2) is 4.79 Å². The Bertz CT molecular complexity index is 616. The molecule has 128 valence electrons. The number of aliphatic hydroxyl groups is 2. The monoisotopic (exact) mass is 331 g/mol. The number of allylic oxidation sites excluding steroid dienone is 2. The molecule has 0 bridgehead atoms. The summed E-state index contributed by atoms with van der Waals surface area (Å²) < 4.78 is 5.10. The van der Waals surface area contributed by atoms with Gasteiger partial charge in [0, 0.05) is 12.4 Å². The van der Waals surface area contributed by atoms with E-state index in [4.69, 9.17) is 4.74 Å². The fraction of sp³-hybridized carbons (Fsp3) is 0.333. The Hall–Kier alpha value is -2.44. The quantitative estimate of drug-likeness (QED) is 0.579. The first kappa shape index (κ1) is 17.9. The third-order valence-electron chi connectivity index (χ3n) is 3.95. The van der Waals surface area contributed by atoms with Crippen molar-refractivity contribution in [1.29, 1.82) is 0 Å². The van der Waals surface area contributed by atoms with E-state index in [1.165, 1.54) is 4.90 Å². The Labute approximate surface area is 140 Å². The van der Waals surface area contributed by atoms with Gasteiger partial charge >= 0.3 is 5.97 Å². The summed E-state index contributed by atoms with van der Waals surface area (Å²) in [5.41, 5.74) is -1.62. The van der Waals surface area contributed by atoms with Crippen LogP contribution in [0, 0.1) is 0 Å². The molecule has 0 amide bonds. The number of carbonyl (C=O) groups is 2. The lowest BCUT2D eigenvalue weighted by molar-refractivity contribution is -0.175. The maximum Gasteiger partial charge on any atom is 0.338 e. The number of benzene rings is 1. The maximum absolute atomic E-state index is 12.8. The Morgan fingerprint density at radius 2 is 1.92 bits per heavy atom. The second-order valence-electron chi connectivity index (χ2n) is 5.35. The van der Waals surface area contributed by atoms with Crippen molar-refractivity contribution in [2.45, 2.75) is 31.1 Å². The molecule has 0 aliphatic carbocycles. The van der Waals surface area contributed by atoms with Gasteiger partial charge in [0.05, 0.1) is 6.61 Å². The minimum absolute atomic E-state index is 0.0505. The normalized spacial score (nSPS) is 18.5. The first-order valence-electron chi connectivity index (χ1n) is 7.74. The predicted octanol–water partition coefficient (Wildman–Crippen LogP) is 1.31. The number of aliphatic hydroxyl groups excluding tert-OH is 2. The zero-order valence-electron chi connectivity index (χ0n) is 13.4. The number of esters is 1. The fourth-order valence-corrected chi connectivity index (χ4v) is 2.76. The highest BCUT2D eigenvalue weighted by molar-refractivity contribution is 5.88. The average molecular weight is 331 g/mol. The maximum atomic E-state index is 12.8. The molecule has 2 rings (SSSR count). The van der Waals surface area contributed by atoms with Gasteiger partial charge in [0.2, 0.25) is 5.54 Å². The number of aldehydes is 1. The van der Waals surface area contributed by atoms with Gasteiger partial charge in [-0.2, -0.15) is 0 Å². The lowest BCUT2D eigenvalue weighted by atomic mass is 9.81.